The highest BCUT2D eigenvalue weighted by Crippen LogP contribution is 2.30. The third-order valence-electron chi connectivity index (χ3n) is 5.39. The van der Waals surface area contributed by atoms with Crippen LogP contribution >= 0.6 is 11.3 Å². The number of hydrogen-bond donors (Lipinski definition) is 0. The SMILES string of the molecule is COc1ccc(-c2nc(CN3CCN(c4ccccc4S(=O)(=O)C(F)F)CC3)cs2)cc1. The highest BCUT2D eigenvalue weighted by Gasteiger charge is 2.31. The fourth-order valence-corrected chi connectivity index (χ4v) is 5.44. The summed E-state index contributed by atoms with van der Waals surface area (Å²) in [6.07, 6.45) is 0. The first-order valence-electron chi connectivity index (χ1n) is 10.1. The molecule has 2 aromatic carbocycles. The molecule has 1 aliphatic heterocycles. The number of hydrogen-bond acceptors (Lipinski definition) is 7. The van der Waals surface area contributed by atoms with Gasteiger partial charge in [0.25, 0.3) is 0 Å². The zero-order chi connectivity index (χ0) is 22.7. The van der Waals surface area contributed by atoms with Crippen LogP contribution in [0.3, 0.4) is 0 Å². The second-order valence-corrected chi connectivity index (χ2v) is 10.2. The van der Waals surface area contributed by atoms with Gasteiger partial charge in [0.05, 0.1) is 23.4 Å². The maximum atomic E-state index is 13.1. The molecule has 10 heteroatoms. The van der Waals surface area contributed by atoms with Crippen molar-refractivity contribution in [3.05, 3.63) is 59.6 Å². The minimum absolute atomic E-state index is 0.313. The zero-order valence-electron chi connectivity index (χ0n) is 17.4. The Balaban J connectivity index is 1.40. The second-order valence-electron chi connectivity index (χ2n) is 7.41. The number of nitrogens with zero attached hydrogens (tertiary/aromatic N) is 3. The fraction of sp³-hybridized carbons (Fsp3) is 0.318. The number of aromatic nitrogens is 1. The van der Waals surface area contributed by atoms with Crippen molar-refractivity contribution in [3.63, 3.8) is 0 Å². The summed E-state index contributed by atoms with van der Waals surface area (Å²) in [6, 6.07) is 13.7. The molecule has 6 nitrogen and oxygen atoms in total. The lowest BCUT2D eigenvalue weighted by molar-refractivity contribution is 0.234. The van der Waals surface area contributed by atoms with E-state index in [-0.39, 0.29) is 4.90 Å². The molecule has 4 rings (SSSR count). The molecule has 0 saturated carbocycles. The molecule has 3 aromatic rings. The van der Waals surface area contributed by atoms with E-state index in [1.54, 1.807) is 30.6 Å². The summed E-state index contributed by atoms with van der Waals surface area (Å²) in [5.41, 5.74) is 2.33. The van der Waals surface area contributed by atoms with E-state index in [9.17, 15) is 17.2 Å². The van der Waals surface area contributed by atoms with Gasteiger partial charge >= 0.3 is 5.76 Å². The Morgan fingerprint density at radius 1 is 1.06 bits per heavy atom. The van der Waals surface area contributed by atoms with Crippen LogP contribution in [0.5, 0.6) is 5.75 Å². The molecule has 32 heavy (non-hydrogen) atoms. The molecule has 0 amide bonds. The topological polar surface area (TPSA) is 62.7 Å². The maximum Gasteiger partial charge on any atom is 0.341 e. The number of anilines is 1. The summed E-state index contributed by atoms with van der Waals surface area (Å²) in [5.74, 6) is -2.64. The normalized spacial score (nSPS) is 15.3. The molecule has 1 aromatic heterocycles. The third-order valence-corrected chi connectivity index (χ3v) is 7.76. The van der Waals surface area contributed by atoms with Gasteiger partial charge in [-0.3, -0.25) is 4.90 Å². The van der Waals surface area contributed by atoms with Crippen LogP contribution in [0.2, 0.25) is 0 Å². The first-order valence-corrected chi connectivity index (χ1v) is 12.5. The summed E-state index contributed by atoms with van der Waals surface area (Å²) in [5, 5.41) is 2.98. The van der Waals surface area contributed by atoms with E-state index >= 15 is 0 Å². The van der Waals surface area contributed by atoms with E-state index < -0.39 is 15.6 Å². The molecule has 1 saturated heterocycles. The van der Waals surface area contributed by atoms with Crippen molar-refractivity contribution in [2.24, 2.45) is 0 Å². The Labute approximate surface area is 190 Å². The number of benzene rings is 2. The fourth-order valence-electron chi connectivity index (χ4n) is 3.68. The molecule has 1 fully saturated rings. The summed E-state index contributed by atoms with van der Waals surface area (Å²) in [7, 11) is -3.02. The minimum atomic E-state index is -4.65. The number of piperazine rings is 1. The molecule has 1 aliphatic rings. The Bertz CT molecular complexity index is 1160. The molecule has 0 N–H and O–H groups in total. The quantitative estimate of drug-likeness (QED) is 0.508. The average Bonchev–Trinajstić information content (AvgIpc) is 3.28. The number of sulfone groups is 1. The molecule has 2 heterocycles. The Morgan fingerprint density at radius 2 is 1.75 bits per heavy atom. The number of para-hydroxylation sites is 1. The smallest absolute Gasteiger partial charge is 0.341 e. The first-order chi connectivity index (χ1) is 15.4. The lowest BCUT2D eigenvalue weighted by Crippen LogP contribution is -2.46. The van der Waals surface area contributed by atoms with E-state index in [0.29, 0.717) is 38.4 Å². The Kier molecular flexibility index (Phi) is 6.73. The van der Waals surface area contributed by atoms with Gasteiger partial charge in [0.2, 0.25) is 9.84 Å². The first kappa shape index (κ1) is 22.6. The van der Waals surface area contributed by atoms with Crippen molar-refractivity contribution >= 4 is 26.9 Å². The molecule has 0 spiro atoms. The third kappa shape index (κ3) is 4.77. The summed E-state index contributed by atoms with van der Waals surface area (Å²) in [4.78, 5) is 8.51. The Hall–Kier alpha value is -2.56. The lowest BCUT2D eigenvalue weighted by Gasteiger charge is -2.36. The van der Waals surface area contributed by atoms with Crippen molar-refractivity contribution in [3.8, 4) is 16.3 Å². The van der Waals surface area contributed by atoms with Gasteiger partial charge in [-0.1, -0.05) is 12.1 Å². The highest BCUT2D eigenvalue weighted by molar-refractivity contribution is 7.91. The number of ether oxygens (including phenoxy) is 1. The maximum absolute atomic E-state index is 13.1. The molecule has 0 bridgehead atoms. The van der Waals surface area contributed by atoms with E-state index in [1.165, 1.54) is 12.1 Å². The van der Waals surface area contributed by atoms with Crippen LogP contribution in [0, 0.1) is 0 Å². The zero-order valence-corrected chi connectivity index (χ0v) is 19.1. The van der Waals surface area contributed by atoms with Crippen molar-refractivity contribution in [2.45, 2.75) is 17.2 Å². The highest BCUT2D eigenvalue weighted by atomic mass is 32.2. The molecular weight excluding hydrogens is 456 g/mol. The predicted molar refractivity (Wildman–Crippen MR) is 121 cm³/mol. The van der Waals surface area contributed by atoms with E-state index in [4.69, 9.17) is 9.72 Å². The van der Waals surface area contributed by atoms with Crippen LogP contribution in [0.1, 0.15) is 5.69 Å². The molecule has 0 radical (unpaired) electrons. The van der Waals surface area contributed by atoms with Crippen LogP contribution in [0.4, 0.5) is 14.5 Å². The second kappa shape index (κ2) is 9.51. The van der Waals surface area contributed by atoms with E-state index in [0.717, 1.165) is 22.0 Å². The minimum Gasteiger partial charge on any atom is -0.497 e. The van der Waals surface area contributed by atoms with Crippen LogP contribution in [0.15, 0.2) is 58.8 Å². The predicted octanol–water partition coefficient (Wildman–Crippen LogP) is 4.14. The van der Waals surface area contributed by atoms with Crippen LogP contribution in [-0.4, -0.2) is 57.3 Å². The Morgan fingerprint density at radius 3 is 2.41 bits per heavy atom. The number of thiazole rings is 1. The number of methoxy groups -OCH3 is 1. The van der Waals surface area contributed by atoms with Crippen molar-refractivity contribution < 1.29 is 21.9 Å². The van der Waals surface area contributed by atoms with Gasteiger partial charge in [0.15, 0.2) is 0 Å². The van der Waals surface area contributed by atoms with Gasteiger partial charge < -0.3 is 9.64 Å². The summed E-state index contributed by atoms with van der Waals surface area (Å²) >= 11 is 1.58. The van der Waals surface area contributed by atoms with Gasteiger partial charge in [0.1, 0.15) is 10.8 Å². The van der Waals surface area contributed by atoms with Gasteiger partial charge in [0, 0.05) is 43.7 Å². The lowest BCUT2D eigenvalue weighted by atomic mass is 10.2. The molecular formula is C22H23F2N3O3S2. The van der Waals surface area contributed by atoms with Crippen LogP contribution in [-0.2, 0) is 16.4 Å². The van der Waals surface area contributed by atoms with Crippen molar-refractivity contribution in [1.29, 1.82) is 0 Å². The number of halogens is 2. The number of rotatable bonds is 7. The molecule has 0 unspecified atom stereocenters. The van der Waals surface area contributed by atoms with Gasteiger partial charge in [-0.05, 0) is 36.4 Å². The molecule has 0 atom stereocenters. The van der Waals surface area contributed by atoms with E-state index in [1.807, 2.05) is 34.5 Å². The van der Waals surface area contributed by atoms with Gasteiger partial charge in [-0.15, -0.1) is 11.3 Å². The van der Waals surface area contributed by atoms with Crippen LogP contribution < -0.4 is 9.64 Å². The van der Waals surface area contributed by atoms with Crippen LogP contribution in [0.25, 0.3) is 10.6 Å². The monoisotopic (exact) mass is 479 g/mol. The number of alkyl halides is 2. The van der Waals surface area contributed by atoms with E-state index in [2.05, 4.69) is 4.90 Å². The largest absolute Gasteiger partial charge is 0.497 e. The summed E-state index contributed by atoms with van der Waals surface area (Å²) in [6.45, 7) is 3.13. The van der Waals surface area contributed by atoms with Crippen molar-refractivity contribution in [1.82, 2.24) is 9.88 Å². The van der Waals surface area contributed by atoms with Gasteiger partial charge in [-0.2, -0.15) is 8.78 Å². The summed E-state index contributed by atoms with van der Waals surface area (Å²) < 4.78 is 55.5. The molecule has 170 valence electrons. The van der Waals surface area contributed by atoms with Gasteiger partial charge in [-0.25, -0.2) is 13.4 Å². The standard InChI is InChI=1S/C22H23F2N3O3S2/c1-30-18-8-6-16(7-9-18)21-25-17(15-31-21)14-26-10-12-27(13-11-26)19-4-2-3-5-20(19)32(28,29)22(23)24/h2-9,15,22H,10-14H2,1H3. The van der Waals surface area contributed by atoms with Crippen molar-refractivity contribution in [2.75, 3.05) is 38.2 Å². The average molecular weight is 480 g/mol. The molecule has 0 aliphatic carbocycles.